The molecule has 0 aromatic heterocycles. The van der Waals surface area contributed by atoms with E-state index < -0.39 is 22.1 Å². The molecule has 6 nitrogen and oxygen atoms in total. The van der Waals surface area contributed by atoms with Gasteiger partial charge in [-0.1, -0.05) is 11.6 Å². The highest BCUT2D eigenvalue weighted by molar-refractivity contribution is 7.89. The number of methoxy groups -OCH3 is 1. The van der Waals surface area contributed by atoms with E-state index in [-0.39, 0.29) is 10.9 Å². The zero-order chi connectivity index (χ0) is 21.2. The zero-order valence-corrected chi connectivity index (χ0v) is 16.8. The molecule has 0 saturated carbocycles. The summed E-state index contributed by atoms with van der Waals surface area (Å²) in [6.45, 7) is 0.980. The summed E-state index contributed by atoms with van der Waals surface area (Å²) in [5, 5.41) is 0.533. The van der Waals surface area contributed by atoms with Crippen LogP contribution >= 0.6 is 11.6 Å². The molecule has 1 atom stereocenters. The van der Waals surface area contributed by atoms with E-state index in [9.17, 15) is 21.6 Å². The third-order valence-electron chi connectivity index (χ3n) is 4.36. The maximum absolute atomic E-state index is 12.6. The molecule has 3 rings (SSSR count). The van der Waals surface area contributed by atoms with Gasteiger partial charge in [0.1, 0.15) is 11.5 Å². The Morgan fingerprint density at radius 1 is 1.17 bits per heavy atom. The summed E-state index contributed by atoms with van der Waals surface area (Å²) < 4.78 is 73.5. The second-order valence-corrected chi connectivity index (χ2v) is 8.54. The van der Waals surface area contributed by atoms with Crippen molar-refractivity contribution in [3.05, 3.63) is 47.5 Å². The molecule has 1 aliphatic rings. The summed E-state index contributed by atoms with van der Waals surface area (Å²) in [7, 11) is -2.37. The van der Waals surface area contributed by atoms with E-state index >= 15 is 0 Å². The Kier molecular flexibility index (Phi) is 6.16. The Morgan fingerprint density at radius 3 is 2.48 bits per heavy atom. The maximum Gasteiger partial charge on any atom is 0.573 e. The Labute approximate surface area is 171 Å². The number of anilines is 1. The quantitative estimate of drug-likeness (QED) is 0.725. The number of hydrogen-bond acceptors (Lipinski definition) is 5. The molecule has 2 aromatic rings. The summed E-state index contributed by atoms with van der Waals surface area (Å²) in [6, 6.07) is 8.85. The standard InChI is InChI=1S/C18H18ClF3N2O4S/c1-27-17-7-2-12(19)10-16(17)24-9-8-13(11-24)23-29(25,26)15-5-3-14(4-6-15)28-18(20,21)22/h2-7,10,13,23H,8-9,11H2,1H3/t13-/m0/s1. The topological polar surface area (TPSA) is 67.9 Å². The van der Waals surface area contributed by atoms with Crippen molar-refractivity contribution in [2.45, 2.75) is 23.7 Å². The van der Waals surface area contributed by atoms with Gasteiger partial charge in [0, 0.05) is 24.2 Å². The summed E-state index contributed by atoms with van der Waals surface area (Å²) in [4.78, 5) is 1.81. The van der Waals surface area contributed by atoms with Crippen molar-refractivity contribution in [1.82, 2.24) is 4.72 Å². The monoisotopic (exact) mass is 450 g/mol. The minimum absolute atomic E-state index is 0.147. The van der Waals surface area contributed by atoms with Gasteiger partial charge in [0.05, 0.1) is 17.7 Å². The predicted molar refractivity (Wildman–Crippen MR) is 102 cm³/mol. The van der Waals surface area contributed by atoms with Crippen LogP contribution in [0.2, 0.25) is 5.02 Å². The Bertz CT molecular complexity index is 968. The molecule has 1 aliphatic heterocycles. The molecule has 11 heteroatoms. The van der Waals surface area contributed by atoms with Crippen LogP contribution in [0, 0.1) is 0 Å². The highest BCUT2D eigenvalue weighted by Gasteiger charge is 2.32. The van der Waals surface area contributed by atoms with E-state index in [4.69, 9.17) is 16.3 Å². The van der Waals surface area contributed by atoms with Crippen LogP contribution in [-0.2, 0) is 10.0 Å². The third kappa shape index (κ3) is 5.46. The fraction of sp³-hybridized carbons (Fsp3) is 0.333. The summed E-state index contributed by atoms with van der Waals surface area (Å²) in [5.41, 5.74) is 0.760. The largest absolute Gasteiger partial charge is 0.573 e. The van der Waals surface area contributed by atoms with Gasteiger partial charge in [-0.25, -0.2) is 13.1 Å². The molecular formula is C18H18ClF3N2O4S. The number of alkyl halides is 3. The van der Waals surface area contributed by atoms with Crippen LogP contribution in [0.25, 0.3) is 0 Å². The van der Waals surface area contributed by atoms with Gasteiger partial charge in [0.2, 0.25) is 10.0 Å². The summed E-state index contributed by atoms with van der Waals surface area (Å²) >= 11 is 6.05. The van der Waals surface area contributed by atoms with Crippen molar-refractivity contribution in [1.29, 1.82) is 0 Å². The van der Waals surface area contributed by atoms with Crippen LogP contribution in [0.4, 0.5) is 18.9 Å². The minimum Gasteiger partial charge on any atom is -0.495 e. The predicted octanol–water partition coefficient (Wildman–Crippen LogP) is 3.80. The summed E-state index contributed by atoms with van der Waals surface area (Å²) in [6.07, 6.45) is -4.29. The second-order valence-electron chi connectivity index (χ2n) is 6.39. The molecule has 2 aromatic carbocycles. The summed E-state index contributed by atoms with van der Waals surface area (Å²) in [5.74, 6) is 0.134. The highest BCUT2D eigenvalue weighted by Crippen LogP contribution is 2.33. The van der Waals surface area contributed by atoms with Crippen molar-refractivity contribution in [2.75, 3.05) is 25.1 Å². The number of nitrogens with zero attached hydrogens (tertiary/aromatic N) is 1. The van der Waals surface area contributed by atoms with Crippen molar-refractivity contribution in [3.63, 3.8) is 0 Å². The van der Waals surface area contributed by atoms with Crippen LogP contribution in [0.3, 0.4) is 0 Å². The molecule has 0 amide bonds. The molecule has 1 N–H and O–H groups in total. The van der Waals surface area contributed by atoms with Gasteiger partial charge in [-0.05, 0) is 48.9 Å². The van der Waals surface area contributed by atoms with Gasteiger partial charge < -0.3 is 14.4 Å². The molecule has 1 saturated heterocycles. The zero-order valence-electron chi connectivity index (χ0n) is 15.2. The molecule has 0 aliphatic carbocycles. The Balaban J connectivity index is 1.68. The normalized spacial score (nSPS) is 17.4. The van der Waals surface area contributed by atoms with Gasteiger partial charge in [0.15, 0.2) is 0 Å². The maximum atomic E-state index is 12.6. The van der Waals surface area contributed by atoms with E-state index in [0.717, 1.165) is 30.0 Å². The van der Waals surface area contributed by atoms with Crippen molar-refractivity contribution in [2.24, 2.45) is 0 Å². The fourth-order valence-electron chi connectivity index (χ4n) is 3.09. The smallest absolute Gasteiger partial charge is 0.495 e. The van der Waals surface area contributed by atoms with Crippen LogP contribution in [0.1, 0.15) is 6.42 Å². The van der Waals surface area contributed by atoms with Crippen molar-refractivity contribution in [3.8, 4) is 11.5 Å². The van der Waals surface area contributed by atoms with Crippen LogP contribution in [0.15, 0.2) is 47.4 Å². The number of nitrogens with one attached hydrogen (secondary N) is 1. The molecular weight excluding hydrogens is 433 g/mol. The average molecular weight is 451 g/mol. The molecule has 1 fully saturated rings. The lowest BCUT2D eigenvalue weighted by atomic mass is 10.2. The van der Waals surface area contributed by atoms with Crippen molar-refractivity contribution < 1.29 is 31.1 Å². The lowest BCUT2D eigenvalue weighted by Gasteiger charge is -2.21. The second kappa shape index (κ2) is 8.29. The molecule has 158 valence electrons. The lowest BCUT2D eigenvalue weighted by molar-refractivity contribution is -0.274. The molecule has 0 unspecified atom stereocenters. The molecule has 0 radical (unpaired) electrons. The Morgan fingerprint density at radius 2 is 1.86 bits per heavy atom. The molecule has 0 bridgehead atoms. The molecule has 0 spiro atoms. The fourth-order valence-corrected chi connectivity index (χ4v) is 4.52. The molecule has 29 heavy (non-hydrogen) atoms. The van der Waals surface area contributed by atoms with Gasteiger partial charge in [0.25, 0.3) is 0 Å². The van der Waals surface area contributed by atoms with Gasteiger partial charge in [-0.2, -0.15) is 0 Å². The van der Waals surface area contributed by atoms with E-state index in [2.05, 4.69) is 9.46 Å². The first-order valence-corrected chi connectivity index (χ1v) is 10.4. The third-order valence-corrected chi connectivity index (χ3v) is 6.13. The number of ether oxygens (including phenoxy) is 2. The van der Waals surface area contributed by atoms with Gasteiger partial charge in [-0.15, -0.1) is 13.2 Å². The van der Waals surface area contributed by atoms with Crippen LogP contribution < -0.4 is 19.1 Å². The SMILES string of the molecule is COc1ccc(Cl)cc1N1CC[C@H](NS(=O)(=O)c2ccc(OC(F)(F)F)cc2)C1. The first-order chi connectivity index (χ1) is 13.6. The van der Waals surface area contributed by atoms with Crippen LogP contribution in [-0.4, -0.2) is 41.0 Å². The van der Waals surface area contributed by atoms with E-state index in [1.165, 1.54) is 7.11 Å². The van der Waals surface area contributed by atoms with Crippen molar-refractivity contribution >= 4 is 27.3 Å². The highest BCUT2D eigenvalue weighted by atomic mass is 35.5. The van der Waals surface area contributed by atoms with Gasteiger partial charge in [-0.3, -0.25) is 0 Å². The number of rotatable bonds is 6. The lowest BCUT2D eigenvalue weighted by Crippen LogP contribution is -2.37. The Hall–Kier alpha value is -2.17. The van der Waals surface area contributed by atoms with Gasteiger partial charge >= 0.3 is 6.36 Å². The van der Waals surface area contributed by atoms with E-state index in [0.29, 0.717) is 30.3 Å². The van der Waals surface area contributed by atoms with E-state index in [1.54, 1.807) is 18.2 Å². The number of sulfonamides is 1. The average Bonchev–Trinajstić information content (AvgIpc) is 3.08. The first-order valence-electron chi connectivity index (χ1n) is 8.54. The first kappa shape index (κ1) is 21.5. The van der Waals surface area contributed by atoms with E-state index in [1.807, 2.05) is 4.90 Å². The number of halogens is 4. The van der Waals surface area contributed by atoms with Crippen LogP contribution in [0.5, 0.6) is 11.5 Å². The minimum atomic E-state index is -4.84. The molecule has 1 heterocycles. The number of benzene rings is 2. The number of hydrogen-bond donors (Lipinski definition) is 1.